The number of aliphatic hydroxyl groups excluding tert-OH is 1. The predicted octanol–water partition coefficient (Wildman–Crippen LogP) is 0.788. The molecular formula is C17H22N8O. The lowest BCUT2D eigenvalue weighted by Crippen LogP contribution is -2.22. The molecule has 9 nitrogen and oxygen atoms in total. The van der Waals surface area contributed by atoms with Gasteiger partial charge in [0.2, 0.25) is 0 Å². The molecule has 1 atom stereocenters. The summed E-state index contributed by atoms with van der Waals surface area (Å²) < 4.78 is 1.57. The Morgan fingerprint density at radius 1 is 1.31 bits per heavy atom. The summed E-state index contributed by atoms with van der Waals surface area (Å²) in [7, 11) is 0. The first kappa shape index (κ1) is 16.6. The van der Waals surface area contributed by atoms with Crippen LogP contribution in [-0.4, -0.2) is 43.9 Å². The highest BCUT2D eigenvalue weighted by atomic mass is 16.3. The Bertz CT molecular complexity index is 953. The number of rotatable bonds is 4. The molecule has 136 valence electrons. The quantitative estimate of drug-likeness (QED) is 0.541. The van der Waals surface area contributed by atoms with Gasteiger partial charge in [-0.1, -0.05) is 0 Å². The molecule has 9 heteroatoms. The fourth-order valence-electron chi connectivity index (χ4n) is 3.22. The standard InChI is InChI=1S/C17H22N8O/c1-10-4-12(5-16(21-10)24-3-2-13(26)9-24)22-15-6-14(19)25-17(23-15)11(7-18)8-20-25/h4-6,8,13,26H,2-3,7,9,18-19H2,1H3,(H,21,22,23)/t13-/m1/s1. The number of pyridine rings is 1. The first-order chi connectivity index (χ1) is 12.5. The van der Waals surface area contributed by atoms with E-state index in [1.807, 2.05) is 19.1 Å². The Hall–Kier alpha value is -2.91. The number of hydrogen-bond donors (Lipinski definition) is 4. The molecule has 0 amide bonds. The molecule has 3 aromatic rings. The van der Waals surface area contributed by atoms with E-state index in [0.717, 1.165) is 35.7 Å². The van der Waals surface area contributed by atoms with Gasteiger partial charge in [0.05, 0.1) is 12.3 Å². The monoisotopic (exact) mass is 354 g/mol. The molecule has 1 aliphatic heterocycles. The fourth-order valence-corrected chi connectivity index (χ4v) is 3.22. The first-order valence-electron chi connectivity index (χ1n) is 8.55. The van der Waals surface area contributed by atoms with Gasteiger partial charge in [-0.3, -0.25) is 0 Å². The highest BCUT2D eigenvalue weighted by Gasteiger charge is 2.22. The van der Waals surface area contributed by atoms with Crippen LogP contribution in [0.25, 0.3) is 5.65 Å². The van der Waals surface area contributed by atoms with Crippen LogP contribution in [0.1, 0.15) is 17.7 Å². The zero-order valence-corrected chi connectivity index (χ0v) is 14.6. The third-order valence-corrected chi connectivity index (χ3v) is 4.49. The second-order valence-corrected chi connectivity index (χ2v) is 6.54. The molecule has 1 saturated heterocycles. The van der Waals surface area contributed by atoms with E-state index in [0.29, 0.717) is 30.4 Å². The van der Waals surface area contributed by atoms with E-state index in [2.05, 4.69) is 25.3 Å². The lowest BCUT2D eigenvalue weighted by molar-refractivity contribution is 0.198. The Balaban J connectivity index is 1.66. The second-order valence-electron chi connectivity index (χ2n) is 6.54. The largest absolute Gasteiger partial charge is 0.391 e. The highest BCUT2D eigenvalue weighted by molar-refractivity contribution is 5.66. The van der Waals surface area contributed by atoms with E-state index in [4.69, 9.17) is 11.5 Å². The Kier molecular flexibility index (Phi) is 4.09. The molecule has 6 N–H and O–H groups in total. The van der Waals surface area contributed by atoms with Crippen LogP contribution in [0.5, 0.6) is 0 Å². The highest BCUT2D eigenvalue weighted by Crippen LogP contribution is 2.25. The summed E-state index contributed by atoms with van der Waals surface area (Å²) in [6.07, 6.45) is 2.14. The lowest BCUT2D eigenvalue weighted by Gasteiger charge is -2.18. The summed E-state index contributed by atoms with van der Waals surface area (Å²) in [5.74, 6) is 1.93. The molecule has 0 bridgehead atoms. The number of anilines is 4. The van der Waals surface area contributed by atoms with Gasteiger partial charge < -0.3 is 26.8 Å². The molecule has 0 aliphatic carbocycles. The van der Waals surface area contributed by atoms with Crippen molar-refractivity contribution in [1.82, 2.24) is 19.6 Å². The van der Waals surface area contributed by atoms with Crippen molar-refractivity contribution < 1.29 is 5.11 Å². The maximum absolute atomic E-state index is 9.77. The van der Waals surface area contributed by atoms with Crippen LogP contribution in [0.2, 0.25) is 0 Å². The van der Waals surface area contributed by atoms with Crippen molar-refractivity contribution in [2.75, 3.05) is 29.0 Å². The molecule has 1 fully saturated rings. The van der Waals surface area contributed by atoms with Crippen molar-refractivity contribution in [2.24, 2.45) is 5.73 Å². The molecule has 4 rings (SSSR count). The average molecular weight is 354 g/mol. The second kappa shape index (κ2) is 6.43. The van der Waals surface area contributed by atoms with E-state index in [9.17, 15) is 5.11 Å². The molecular weight excluding hydrogens is 332 g/mol. The van der Waals surface area contributed by atoms with Crippen molar-refractivity contribution in [3.05, 3.63) is 35.7 Å². The number of fused-ring (bicyclic) bond motifs is 1. The van der Waals surface area contributed by atoms with Crippen molar-refractivity contribution >= 4 is 28.8 Å². The van der Waals surface area contributed by atoms with E-state index in [1.165, 1.54) is 0 Å². The Morgan fingerprint density at radius 3 is 2.88 bits per heavy atom. The molecule has 1 aliphatic rings. The van der Waals surface area contributed by atoms with Gasteiger partial charge in [0.1, 0.15) is 17.5 Å². The van der Waals surface area contributed by atoms with E-state index < -0.39 is 0 Å². The average Bonchev–Trinajstić information content (AvgIpc) is 3.20. The Labute approximate surface area is 150 Å². The van der Waals surface area contributed by atoms with Crippen LogP contribution in [-0.2, 0) is 6.54 Å². The van der Waals surface area contributed by atoms with E-state index in [-0.39, 0.29) is 6.10 Å². The molecule has 0 radical (unpaired) electrons. The number of nitrogens with zero attached hydrogens (tertiary/aromatic N) is 5. The predicted molar refractivity (Wildman–Crippen MR) is 100 cm³/mol. The van der Waals surface area contributed by atoms with E-state index >= 15 is 0 Å². The summed E-state index contributed by atoms with van der Waals surface area (Å²) in [5, 5.41) is 17.3. The smallest absolute Gasteiger partial charge is 0.164 e. The lowest BCUT2D eigenvalue weighted by atomic mass is 10.3. The van der Waals surface area contributed by atoms with Crippen LogP contribution >= 0.6 is 0 Å². The summed E-state index contributed by atoms with van der Waals surface area (Å²) >= 11 is 0. The summed E-state index contributed by atoms with van der Waals surface area (Å²) in [6.45, 7) is 3.68. The number of hydrogen-bond acceptors (Lipinski definition) is 8. The van der Waals surface area contributed by atoms with Crippen molar-refractivity contribution in [1.29, 1.82) is 0 Å². The summed E-state index contributed by atoms with van der Waals surface area (Å²) in [6, 6.07) is 5.63. The third kappa shape index (κ3) is 3.02. The van der Waals surface area contributed by atoms with Crippen LogP contribution < -0.4 is 21.7 Å². The molecule has 0 saturated carbocycles. The van der Waals surface area contributed by atoms with Gasteiger partial charge in [0.15, 0.2) is 5.65 Å². The van der Waals surface area contributed by atoms with Crippen molar-refractivity contribution in [3.8, 4) is 0 Å². The van der Waals surface area contributed by atoms with E-state index in [1.54, 1.807) is 16.8 Å². The van der Waals surface area contributed by atoms with Gasteiger partial charge in [-0.15, -0.1) is 0 Å². The summed E-state index contributed by atoms with van der Waals surface area (Å²) in [5.41, 5.74) is 15.0. The minimum absolute atomic E-state index is 0.297. The number of nitrogens with one attached hydrogen (secondary N) is 1. The third-order valence-electron chi connectivity index (χ3n) is 4.49. The number of aliphatic hydroxyl groups is 1. The van der Waals surface area contributed by atoms with Crippen molar-refractivity contribution in [3.63, 3.8) is 0 Å². The minimum Gasteiger partial charge on any atom is -0.391 e. The van der Waals surface area contributed by atoms with Crippen molar-refractivity contribution in [2.45, 2.75) is 26.0 Å². The SMILES string of the molecule is Cc1cc(Nc2cc(N)n3ncc(CN)c3n2)cc(N2CC[C@@H](O)C2)n1. The van der Waals surface area contributed by atoms with Crippen LogP contribution in [0.4, 0.5) is 23.1 Å². The molecule has 0 aromatic carbocycles. The number of aromatic nitrogens is 4. The van der Waals surface area contributed by atoms with Gasteiger partial charge >= 0.3 is 0 Å². The van der Waals surface area contributed by atoms with Gasteiger partial charge in [-0.25, -0.2) is 9.97 Å². The number of aryl methyl sites for hydroxylation is 1. The molecule has 26 heavy (non-hydrogen) atoms. The number of nitrogen functional groups attached to an aromatic ring is 1. The zero-order chi connectivity index (χ0) is 18.3. The molecule has 0 spiro atoms. The van der Waals surface area contributed by atoms with Gasteiger partial charge in [-0.2, -0.15) is 9.61 Å². The summed E-state index contributed by atoms with van der Waals surface area (Å²) in [4.78, 5) is 11.2. The first-order valence-corrected chi connectivity index (χ1v) is 8.55. The van der Waals surface area contributed by atoms with Crippen LogP contribution in [0, 0.1) is 6.92 Å². The van der Waals surface area contributed by atoms with Crippen LogP contribution in [0.3, 0.4) is 0 Å². The number of β-amino-alcohol motifs (C(OH)–C–C–N with tert-alkyl or cyclic N) is 1. The minimum atomic E-state index is -0.297. The topological polar surface area (TPSA) is 131 Å². The van der Waals surface area contributed by atoms with Gasteiger partial charge in [0, 0.05) is 48.7 Å². The van der Waals surface area contributed by atoms with Gasteiger partial charge in [-0.05, 0) is 19.4 Å². The maximum atomic E-state index is 9.77. The fraction of sp³-hybridized carbons (Fsp3) is 0.353. The zero-order valence-electron chi connectivity index (χ0n) is 14.6. The Morgan fingerprint density at radius 2 is 2.15 bits per heavy atom. The number of nitrogens with two attached hydrogens (primary N) is 2. The maximum Gasteiger partial charge on any atom is 0.164 e. The molecule has 0 unspecified atom stereocenters. The normalized spacial score (nSPS) is 17.2. The van der Waals surface area contributed by atoms with Gasteiger partial charge in [0.25, 0.3) is 0 Å². The van der Waals surface area contributed by atoms with Crippen LogP contribution in [0.15, 0.2) is 24.4 Å². The molecule has 3 aromatic heterocycles. The molecule has 4 heterocycles.